The summed E-state index contributed by atoms with van der Waals surface area (Å²) in [6, 6.07) is 0. The lowest BCUT2D eigenvalue weighted by molar-refractivity contribution is 0.593. The number of nitrogens with zero attached hydrogens (tertiary/aromatic N) is 1. The van der Waals surface area contributed by atoms with Gasteiger partial charge in [0.1, 0.15) is 5.25 Å². The van der Waals surface area contributed by atoms with E-state index in [4.69, 9.17) is 0 Å². The van der Waals surface area contributed by atoms with E-state index in [1.165, 1.54) is 0 Å². The zero-order valence-electron chi connectivity index (χ0n) is 7.18. The van der Waals surface area contributed by atoms with Gasteiger partial charge in [-0.15, -0.1) is 0 Å². The Morgan fingerprint density at radius 1 is 1.31 bits per heavy atom. The maximum absolute atomic E-state index is 11.1. The lowest BCUT2D eigenvalue weighted by Gasteiger charge is -2.06. The molecular formula is C5H10N2O4S2. The summed E-state index contributed by atoms with van der Waals surface area (Å²) in [4.78, 5) is 0. The van der Waals surface area contributed by atoms with Crippen molar-refractivity contribution in [3.8, 4) is 0 Å². The van der Waals surface area contributed by atoms with Gasteiger partial charge in [0.2, 0.25) is 0 Å². The van der Waals surface area contributed by atoms with E-state index in [-0.39, 0.29) is 11.6 Å². The molecule has 1 rings (SSSR count). The van der Waals surface area contributed by atoms with Crippen molar-refractivity contribution >= 4 is 24.7 Å². The Bertz CT molecular complexity index is 433. The maximum Gasteiger partial charge on any atom is 0.191 e. The Morgan fingerprint density at radius 3 is 2.15 bits per heavy atom. The molecule has 1 atom stereocenters. The van der Waals surface area contributed by atoms with Crippen LogP contribution in [0.25, 0.3) is 0 Å². The quantitative estimate of drug-likeness (QED) is 0.579. The Hall–Kier alpha value is -0.630. The summed E-state index contributed by atoms with van der Waals surface area (Å²) in [6.07, 6.45) is 1.93. The summed E-state index contributed by atoms with van der Waals surface area (Å²) in [5, 5.41) is 2.12. The highest BCUT2D eigenvalue weighted by molar-refractivity contribution is 8.08. The standard InChI is InChI=1S/C5H10N2O4S2/c1-12(8,9)4-3-6-7-5(4)13(2,10)11/h4,6H,3H2,1-2H3. The SMILES string of the molecule is CS(=O)(=O)C1=NNCC1S(C)(=O)=O. The van der Waals surface area contributed by atoms with Crippen LogP contribution in [0.1, 0.15) is 0 Å². The van der Waals surface area contributed by atoms with Crippen LogP contribution in [0.5, 0.6) is 0 Å². The van der Waals surface area contributed by atoms with Gasteiger partial charge in [0.15, 0.2) is 24.7 Å². The molecule has 1 aliphatic heterocycles. The van der Waals surface area contributed by atoms with Crippen molar-refractivity contribution < 1.29 is 16.8 Å². The highest BCUT2D eigenvalue weighted by Gasteiger charge is 2.36. The molecule has 1 unspecified atom stereocenters. The van der Waals surface area contributed by atoms with Gasteiger partial charge >= 0.3 is 0 Å². The van der Waals surface area contributed by atoms with Crippen LogP contribution in [-0.2, 0) is 19.7 Å². The minimum atomic E-state index is -3.53. The molecule has 0 fully saturated rings. The first-order valence-corrected chi connectivity index (χ1v) is 7.27. The van der Waals surface area contributed by atoms with Crippen LogP contribution in [0.4, 0.5) is 0 Å². The summed E-state index contributed by atoms with van der Waals surface area (Å²) in [5.74, 6) is 0. The average Bonchev–Trinajstić information content (AvgIpc) is 2.27. The molecule has 8 heteroatoms. The van der Waals surface area contributed by atoms with E-state index < -0.39 is 24.9 Å². The van der Waals surface area contributed by atoms with Gasteiger partial charge in [-0.3, -0.25) is 0 Å². The van der Waals surface area contributed by atoms with Crippen LogP contribution in [0, 0.1) is 0 Å². The van der Waals surface area contributed by atoms with Crippen LogP contribution < -0.4 is 5.43 Å². The van der Waals surface area contributed by atoms with E-state index >= 15 is 0 Å². The Morgan fingerprint density at radius 2 is 1.85 bits per heavy atom. The molecule has 0 aromatic carbocycles. The monoisotopic (exact) mass is 226 g/mol. The fourth-order valence-electron chi connectivity index (χ4n) is 1.02. The molecule has 13 heavy (non-hydrogen) atoms. The number of sulfone groups is 2. The Kier molecular flexibility index (Phi) is 2.37. The van der Waals surface area contributed by atoms with Crippen molar-refractivity contribution in [2.75, 3.05) is 19.1 Å². The normalized spacial score (nSPS) is 23.8. The van der Waals surface area contributed by atoms with Crippen molar-refractivity contribution in [3.05, 3.63) is 0 Å². The van der Waals surface area contributed by atoms with Crippen LogP contribution in [-0.4, -0.2) is 46.2 Å². The molecule has 1 aliphatic rings. The average molecular weight is 226 g/mol. The first-order valence-electron chi connectivity index (χ1n) is 3.42. The molecule has 0 aromatic rings. The molecule has 0 aliphatic carbocycles. The topological polar surface area (TPSA) is 92.7 Å². The number of hydrogen-bond acceptors (Lipinski definition) is 6. The molecule has 76 valence electrons. The number of rotatable bonds is 1. The first-order chi connectivity index (χ1) is 5.73. The smallest absolute Gasteiger partial charge is 0.191 e. The number of nitrogens with one attached hydrogen (secondary N) is 1. The maximum atomic E-state index is 11.1. The van der Waals surface area contributed by atoms with Crippen LogP contribution in [0.3, 0.4) is 0 Å². The van der Waals surface area contributed by atoms with Gasteiger partial charge in [0, 0.05) is 12.5 Å². The van der Waals surface area contributed by atoms with Crippen molar-refractivity contribution in [1.82, 2.24) is 5.43 Å². The molecule has 0 spiro atoms. The van der Waals surface area contributed by atoms with E-state index in [9.17, 15) is 16.8 Å². The van der Waals surface area contributed by atoms with E-state index in [2.05, 4.69) is 10.5 Å². The number of hydrazone groups is 1. The van der Waals surface area contributed by atoms with Crippen molar-refractivity contribution in [1.29, 1.82) is 0 Å². The van der Waals surface area contributed by atoms with Gasteiger partial charge in [0.05, 0.1) is 6.54 Å². The molecular weight excluding hydrogens is 216 g/mol. The molecule has 0 saturated heterocycles. The molecule has 0 amide bonds. The minimum absolute atomic E-state index is 0.0290. The Labute approximate surface area is 76.9 Å². The van der Waals surface area contributed by atoms with Gasteiger partial charge in [-0.2, -0.15) is 5.10 Å². The van der Waals surface area contributed by atoms with E-state index in [1.807, 2.05) is 0 Å². The zero-order chi connectivity index (χ0) is 10.3. The van der Waals surface area contributed by atoms with E-state index in [0.717, 1.165) is 12.5 Å². The van der Waals surface area contributed by atoms with Crippen molar-refractivity contribution in [2.45, 2.75) is 5.25 Å². The van der Waals surface area contributed by atoms with Gasteiger partial charge < -0.3 is 5.43 Å². The molecule has 0 bridgehead atoms. The van der Waals surface area contributed by atoms with Crippen molar-refractivity contribution in [2.24, 2.45) is 5.10 Å². The third kappa shape index (κ3) is 2.19. The molecule has 0 radical (unpaired) electrons. The highest BCUT2D eigenvalue weighted by atomic mass is 32.2. The first kappa shape index (κ1) is 10.5. The van der Waals surface area contributed by atoms with Gasteiger partial charge in [-0.25, -0.2) is 16.8 Å². The third-order valence-corrected chi connectivity index (χ3v) is 4.35. The lowest BCUT2D eigenvalue weighted by Crippen LogP contribution is -2.34. The van der Waals surface area contributed by atoms with Crippen LogP contribution in [0.15, 0.2) is 5.10 Å². The molecule has 1 heterocycles. The van der Waals surface area contributed by atoms with Crippen LogP contribution in [0.2, 0.25) is 0 Å². The lowest BCUT2D eigenvalue weighted by atomic mass is 10.5. The van der Waals surface area contributed by atoms with E-state index in [0.29, 0.717) is 0 Å². The van der Waals surface area contributed by atoms with E-state index in [1.54, 1.807) is 0 Å². The Balaban J connectivity index is 3.16. The number of hydrogen-bond donors (Lipinski definition) is 1. The largest absolute Gasteiger partial charge is 0.307 e. The predicted octanol–water partition coefficient (Wildman–Crippen LogP) is -1.64. The summed E-state index contributed by atoms with van der Waals surface area (Å²) in [6.45, 7) is 0.0290. The van der Waals surface area contributed by atoms with Crippen molar-refractivity contribution in [3.63, 3.8) is 0 Å². The van der Waals surface area contributed by atoms with Gasteiger partial charge in [-0.1, -0.05) is 0 Å². The fraction of sp³-hybridized carbons (Fsp3) is 0.800. The summed E-state index contributed by atoms with van der Waals surface area (Å²) in [5.41, 5.74) is 2.37. The fourth-order valence-corrected chi connectivity index (χ4v) is 3.66. The second kappa shape index (κ2) is 2.95. The van der Waals surface area contributed by atoms with Gasteiger partial charge in [0.25, 0.3) is 0 Å². The second-order valence-electron chi connectivity index (χ2n) is 2.90. The highest BCUT2D eigenvalue weighted by Crippen LogP contribution is 2.10. The zero-order valence-corrected chi connectivity index (χ0v) is 8.81. The summed E-state index contributed by atoms with van der Waals surface area (Å²) < 4.78 is 44.3. The van der Waals surface area contributed by atoms with Gasteiger partial charge in [-0.05, 0) is 0 Å². The minimum Gasteiger partial charge on any atom is -0.307 e. The predicted molar refractivity (Wildman–Crippen MR) is 48.9 cm³/mol. The second-order valence-corrected chi connectivity index (χ2v) is 7.09. The molecule has 6 nitrogen and oxygen atoms in total. The molecule has 0 saturated carbocycles. The summed E-state index contributed by atoms with van der Waals surface area (Å²) in [7, 11) is -6.93. The van der Waals surface area contributed by atoms with Crippen LogP contribution >= 0.6 is 0 Å². The molecule has 1 N–H and O–H groups in total. The third-order valence-electron chi connectivity index (χ3n) is 1.64. The summed E-state index contributed by atoms with van der Waals surface area (Å²) >= 11 is 0. The molecule has 0 aromatic heterocycles.